The molecule has 0 spiro atoms. The number of nitro groups is 1. The molecule has 9 heteroatoms. The van der Waals surface area contributed by atoms with Gasteiger partial charge in [0.15, 0.2) is 5.75 Å². The second-order valence-electron chi connectivity index (χ2n) is 5.98. The molecule has 142 valence electrons. The number of amides is 1. The Morgan fingerprint density at radius 3 is 2.56 bits per heavy atom. The van der Waals surface area contributed by atoms with E-state index >= 15 is 0 Å². The lowest BCUT2D eigenvalue weighted by molar-refractivity contribution is -0.385. The average molecular weight is 373 g/mol. The number of carbonyl (C=O) groups is 2. The second kappa shape index (κ2) is 8.75. The molecule has 1 heterocycles. The Morgan fingerprint density at radius 1 is 1.30 bits per heavy atom. The van der Waals surface area contributed by atoms with Gasteiger partial charge in [-0.15, -0.1) is 0 Å². The molecule has 0 radical (unpaired) electrons. The molecule has 0 bridgehead atoms. The summed E-state index contributed by atoms with van der Waals surface area (Å²) >= 11 is 0. The number of hydrogen-bond acceptors (Lipinski definition) is 6. The van der Waals surface area contributed by atoms with Gasteiger partial charge < -0.3 is 15.5 Å². The topological polar surface area (TPSA) is 143 Å². The molecule has 1 aromatic carbocycles. The van der Waals surface area contributed by atoms with Gasteiger partial charge in [0.05, 0.1) is 17.8 Å². The van der Waals surface area contributed by atoms with Crippen molar-refractivity contribution in [1.29, 1.82) is 0 Å². The largest absolute Gasteiger partial charge is 0.502 e. The zero-order chi connectivity index (χ0) is 20.0. The molecule has 1 amide bonds. The number of nitrogens with one attached hydrogen (secondary N) is 1. The van der Waals surface area contributed by atoms with Crippen LogP contribution in [-0.4, -0.2) is 32.0 Å². The van der Waals surface area contributed by atoms with Gasteiger partial charge in [-0.2, -0.15) is 0 Å². The minimum absolute atomic E-state index is 0.00746. The van der Waals surface area contributed by atoms with Crippen LogP contribution in [0, 0.1) is 10.1 Å². The van der Waals surface area contributed by atoms with E-state index in [0.29, 0.717) is 17.8 Å². The first kappa shape index (κ1) is 19.8. The van der Waals surface area contributed by atoms with E-state index in [2.05, 4.69) is 10.3 Å². The number of carboxylic acid groups (broad SMARTS) is 1. The van der Waals surface area contributed by atoms with E-state index in [0.717, 1.165) is 11.6 Å². The number of nitrogens with zero attached hydrogens (tertiary/aromatic N) is 2. The van der Waals surface area contributed by atoms with Crippen LogP contribution in [0.4, 0.5) is 11.5 Å². The highest BCUT2D eigenvalue weighted by molar-refractivity contribution is 5.91. The van der Waals surface area contributed by atoms with Crippen LogP contribution in [0.3, 0.4) is 0 Å². The van der Waals surface area contributed by atoms with Crippen molar-refractivity contribution in [2.24, 2.45) is 0 Å². The monoisotopic (exact) mass is 373 g/mol. The van der Waals surface area contributed by atoms with E-state index in [1.807, 2.05) is 6.92 Å². The van der Waals surface area contributed by atoms with Crippen LogP contribution in [-0.2, 0) is 16.0 Å². The smallest absolute Gasteiger partial charge is 0.310 e. The van der Waals surface area contributed by atoms with Gasteiger partial charge in [-0.1, -0.05) is 19.1 Å². The van der Waals surface area contributed by atoms with Gasteiger partial charge >= 0.3 is 11.7 Å². The van der Waals surface area contributed by atoms with Crippen LogP contribution in [0.25, 0.3) is 0 Å². The predicted octanol–water partition coefficient (Wildman–Crippen LogP) is 2.84. The minimum Gasteiger partial charge on any atom is -0.502 e. The second-order valence-corrected chi connectivity index (χ2v) is 5.98. The van der Waals surface area contributed by atoms with E-state index in [9.17, 15) is 24.8 Å². The van der Waals surface area contributed by atoms with Crippen molar-refractivity contribution in [2.45, 2.75) is 32.1 Å². The molecule has 9 nitrogen and oxygen atoms in total. The molecule has 0 fully saturated rings. The number of aromatic hydroxyl groups is 1. The van der Waals surface area contributed by atoms with Crippen LogP contribution < -0.4 is 5.32 Å². The van der Waals surface area contributed by atoms with Crippen LogP contribution in [0.2, 0.25) is 0 Å². The number of pyridine rings is 1. The molecule has 2 aromatic rings. The minimum atomic E-state index is -0.884. The van der Waals surface area contributed by atoms with Gasteiger partial charge in [-0.05, 0) is 35.6 Å². The zero-order valence-electron chi connectivity index (χ0n) is 14.6. The van der Waals surface area contributed by atoms with Crippen molar-refractivity contribution in [3.63, 3.8) is 0 Å². The first-order valence-electron chi connectivity index (χ1n) is 8.24. The molecule has 1 atom stereocenters. The Morgan fingerprint density at radius 2 is 2.04 bits per heavy atom. The van der Waals surface area contributed by atoms with E-state index in [4.69, 9.17) is 5.11 Å². The maximum Gasteiger partial charge on any atom is 0.310 e. The summed E-state index contributed by atoms with van der Waals surface area (Å²) < 4.78 is 0. The molecule has 0 saturated heterocycles. The van der Waals surface area contributed by atoms with Crippen LogP contribution in [0.5, 0.6) is 5.75 Å². The zero-order valence-corrected chi connectivity index (χ0v) is 14.6. The summed E-state index contributed by atoms with van der Waals surface area (Å²) in [5.74, 6) is -1.63. The number of hydrogen-bond donors (Lipinski definition) is 3. The first-order chi connectivity index (χ1) is 12.8. The predicted molar refractivity (Wildman–Crippen MR) is 96.6 cm³/mol. The summed E-state index contributed by atoms with van der Waals surface area (Å²) in [6.45, 7) is 1.89. The van der Waals surface area contributed by atoms with Crippen molar-refractivity contribution in [3.05, 3.63) is 57.8 Å². The molecule has 0 saturated carbocycles. The van der Waals surface area contributed by atoms with Gasteiger partial charge in [0.1, 0.15) is 5.82 Å². The van der Waals surface area contributed by atoms with Gasteiger partial charge in [0.25, 0.3) is 0 Å². The molecule has 2 rings (SSSR count). The molecule has 0 aliphatic rings. The Balaban J connectivity index is 2.00. The molecule has 3 N–H and O–H groups in total. The molecule has 0 aliphatic heterocycles. The number of rotatable bonds is 8. The summed E-state index contributed by atoms with van der Waals surface area (Å²) in [4.78, 5) is 37.1. The lowest BCUT2D eigenvalue weighted by Crippen LogP contribution is -2.15. The average Bonchev–Trinajstić information content (AvgIpc) is 2.60. The molecule has 27 heavy (non-hydrogen) atoms. The third kappa shape index (κ3) is 5.50. The van der Waals surface area contributed by atoms with Crippen molar-refractivity contribution in [2.75, 3.05) is 5.32 Å². The van der Waals surface area contributed by atoms with Crippen molar-refractivity contribution in [3.8, 4) is 5.75 Å². The lowest BCUT2D eigenvalue weighted by Gasteiger charge is -2.13. The number of aromatic nitrogens is 1. The normalized spacial score (nSPS) is 11.6. The van der Waals surface area contributed by atoms with Gasteiger partial charge in [-0.3, -0.25) is 19.7 Å². The fourth-order valence-corrected chi connectivity index (χ4v) is 2.64. The maximum absolute atomic E-state index is 12.1. The number of carbonyl (C=O) groups excluding carboxylic acids is 1. The lowest BCUT2D eigenvalue weighted by atomic mass is 9.95. The molecule has 0 unspecified atom stereocenters. The highest BCUT2D eigenvalue weighted by atomic mass is 16.6. The van der Waals surface area contributed by atoms with Crippen LogP contribution in [0.15, 0.2) is 36.5 Å². The highest BCUT2D eigenvalue weighted by Gasteiger charge is 2.16. The Bertz CT molecular complexity index is 851. The van der Waals surface area contributed by atoms with Gasteiger partial charge in [0, 0.05) is 12.3 Å². The van der Waals surface area contributed by atoms with E-state index < -0.39 is 28.2 Å². The standard InChI is InChI=1S/C18H19N3O6/c1-2-12(9-18(24)25)13-4-6-16(19-10-13)20-17(23)8-11-3-5-14(21(26)27)15(22)7-11/h3-7,10,12,22H,2,8-9H2,1H3,(H,24,25)(H,19,20,23)/t12-/m0/s1. The number of carboxylic acids is 1. The number of phenols is 1. The number of aliphatic carboxylic acids is 1. The molecule has 1 aromatic heterocycles. The maximum atomic E-state index is 12.1. The number of phenolic OH excluding ortho intramolecular Hbond substituents is 1. The van der Waals surface area contributed by atoms with E-state index in [1.54, 1.807) is 12.1 Å². The Labute approximate surface area is 154 Å². The highest BCUT2D eigenvalue weighted by Crippen LogP contribution is 2.26. The third-order valence-electron chi connectivity index (χ3n) is 4.04. The van der Waals surface area contributed by atoms with Crippen molar-refractivity contribution < 1.29 is 24.7 Å². The van der Waals surface area contributed by atoms with Gasteiger partial charge in [-0.25, -0.2) is 4.98 Å². The van der Waals surface area contributed by atoms with E-state index in [-0.39, 0.29) is 18.8 Å². The van der Waals surface area contributed by atoms with Gasteiger partial charge in [0.2, 0.25) is 5.91 Å². The number of benzene rings is 1. The molecular formula is C18H19N3O6. The molecule has 0 aliphatic carbocycles. The molecular weight excluding hydrogens is 354 g/mol. The summed E-state index contributed by atoms with van der Waals surface area (Å²) in [5, 5.41) is 31.8. The quantitative estimate of drug-likeness (QED) is 0.477. The fraction of sp³-hybridized carbons (Fsp3) is 0.278. The summed E-state index contributed by atoms with van der Waals surface area (Å²) in [5.41, 5.74) is 0.765. The van der Waals surface area contributed by atoms with E-state index in [1.165, 1.54) is 18.3 Å². The van der Waals surface area contributed by atoms with Crippen molar-refractivity contribution >= 4 is 23.4 Å². The Hall–Kier alpha value is -3.49. The van der Waals surface area contributed by atoms with Crippen LogP contribution in [0.1, 0.15) is 36.8 Å². The van der Waals surface area contributed by atoms with Crippen LogP contribution >= 0.6 is 0 Å². The summed E-state index contributed by atoms with van der Waals surface area (Å²) in [7, 11) is 0. The summed E-state index contributed by atoms with van der Waals surface area (Å²) in [6, 6.07) is 7.01. The fourth-order valence-electron chi connectivity index (χ4n) is 2.64. The third-order valence-corrected chi connectivity index (χ3v) is 4.04. The number of anilines is 1. The van der Waals surface area contributed by atoms with Crippen molar-refractivity contribution in [1.82, 2.24) is 4.98 Å². The Kier molecular flexibility index (Phi) is 6.42. The first-order valence-corrected chi connectivity index (χ1v) is 8.24. The SMILES string of the molecule is CC[C@@H](CC(=O)O)c1ccc(NC(=O)Cc2ccc([N+](=O)[O-])c(O)c2)nc1. The summed E-state index contributed by atoms with van der Waals surface area (Å²) in [6.07, 6.45) is 2.10. The number of nitro benzene ring substituents is 1.